The van der Waals surface area contributed by atoms with Crippen LogP contribution < -0.4 is 5.32 Å². The second kappa shape index (κ2) is 7.02. The molecule has 1 saturated heterocycles. The molecule has 0 spiro atoms. The molecule has 1 N–H and O–H groups in total. The predicted molar refractivity (Wildman–Crippen MR) is 78.6 cm³/mol. The smallest absolute Gasteiger partial charge is 0.164 e. The van der Waals surface area contributed by atoms with Crippen LogP contribution >= 0.6 is 12.4 Å². The molecule has 2 aromatic rings. The predicted octanol–water partition coefficient (Wildman–Crippen LogP) is 2.97. The number of piperazine rings is 1. The summed E-state index contributed by atoms with van der Waals surface area (Å²) in [5.74, 6) is -0.988. The van der Waals surface area contributed by atoms with Crippen molar-refractivity contribution in [2.24, 2.45) is 0 Å². The van der Waals surface area contributed by atoms with Gasteiger partial charge in [0.15, 0.2) is 11.6 Å². The van der Waals surface area contributed by atoms with Gasteiger partial charge in [-0.05, 0) is 18.2 Å². The Hall–Kier alpha value is -1.43. The largest absolute Gasteiger partial charge is 0.467 e. The van der Waals surface area contributed by atoms with E-state index in [1.807, 2.05) is 0 Å². The summed E-state index contributed by atoms with van der Waals surface area (Å²) in [4.78, 5) is 2.10. The third kappa shape index (κ3) is 3.26. The number of hydrogen-bond donors (Lipinski definition) is 1. The highest BCUT2D eigenvalue weighted by Gasteiger charge is 2.29. The molecule has 3 rings (SSSR count). The van der Waals surface area contributed by atoms with Crippen molar-refractivity contribution in [3.63, 3.8) is 0 Å². The highest BCUT2D eigenvalue weighted by molar-refractivity contribution is 5.85. The zero-order valence-corrected chi connectivity index (χ0v) is 12.2. The molecule has 0 saturated carbocycles. The maximum atomic E-state index is 14.1. The minimum atomic E-state index is -0.825. The first-order valence-corrected chi connectivity index (χ1v) is 6.69. The Labute approximate surface area is 128 Å². The maximum Gasteiger partial charge on any atom is 0.164 e. The molecular weight excluding hydrogens is 298 g/mol. The van der Waals surface area contributed by atoms with Gasteiger partial charge >= 0.3 is 0 Å². The first-order chi connectivity index (χ1) is 9.77. The van der Waals surface area contributed by atoms with Crippen molar-refractivity contribution in [1.29, 1.82) is 0 Å². The number of hydrogen-bond acceptors (Lipinski definition) is 3. The molecule has 1 aromatic heterocycles. The summed E-state index contributed by atoms with van der Waals surface area (Å²) < 4.78 is 33.1. The minimum absolute atomic E-state index is 0. The van der Waals surface area contributed by atoms with E-state index in [-0.39, 0.29) is 18.4 Å². The summed E-state index contributed by atoms with van der Waals surface area (Å²) in [5, 5.41) is 3.25. The Balaban J connectivity index is 0.00000161. The summed E-state index contributed by atoms with van der Waals surface area (Å²) in [7, 11) is 0. The number of benzene rings is 1. The Morgan fingerprint density at radius 2 is 1.86 bits per heavy atom. The fourth-order valence-electron chi connectivity index (χ4n) is 2.65. The lowest BCUT2D eigenvalue weighted by atomic mass is 10.0. The molecule has 1 aliphatic heterocycles. The lowest BCUT2D eigenvalue weighted by molar-refractivity contribution is 0.176. The topological polar surface area (TPSA) is 28.4 Å². The van der Waals surface area contributed by atoms with Crippen LogP contribution in [0.1, 0.15) is 17.4 Å². The summed E-state index contributed by atoms with van der Waals surface area (Å²) in [5.41, 5.74) is 0.321. The van der Waals surface area contributed by atoms with Crippen LogP contribution in [0, 0.1) is 11.6 Å². The van der Waals surface area contributed by atoms with Gasteiger partial charge in [-0.15, -0.1) is 12.4 Å². The SMILES string of the molecule is Cl.Fc1cccc([C@@H](c2ccco2)N2CCNCC2)c1F. The Bertz CT molecular complexity index is 571. The normalized spacial score (nSPS) is 17.2. The molecule has 114 valence electrons. The van der Waals surface area contributed by atoms with Gasteiger partial charge in [-0.3, -0.25) is 4.90 Å². The van der Waals surface area contributed by atoms with Crippen LogP contribution in [0.5, 0.6) is 0 Å². The van der Waals surface area contributed by atoms with E-state index in [1.54, 1.807) is 24.5 Å². The Kier molecular flexibility index (Phi) is 5.33. The maximum absolute atomic E-state index is 14.1. The molecule has 0 bridgehead atoms. The van der Waals surface area contributed by atoms with Crippen molar-refractivity contribution >= 4 is 12.4 Å². The summed E-state index contributed by atoms with van der Waals surface area (Å²) in [6, 6.07) is 7.47. The molecular formula is C15H17ClF2N2O. The zero-order valence-electron chi connectivity index (χ0n) is 11.4. The van der Waals surface area contributed by atoms with E-state index in [0.29, 0.717) is 11.3 Å². The van der Waals surface area contributed by atoms with Gasteiger partial charge in [0.25, 0.3) is 0 Å². The third-order valence-electron chi connectivity index (χ3n) is 3.61. The molecule has 1 atom stereocenters. The summed E-state index contributed by atoms with van der Waals surface area (Å²) in [6.07, 6.45) is 1.56. The Morgan fingerprint density at radius 3 is 2.52 bits per heavy atom. The van der Waals surface area contributed by atoms with Crippen LogP contribution in [-0.4, -0.2) is 31.1 Å². The highest BCUT2D eigenvalue weighted by Crippen LogP contribution is 2.31. The molecule has 6 heteroatoms. The lowest BCUT2D eigenvalue weighted by Gasteiger charge is -2.34. The fraction of sp³-hybridized carbons (Fsp3) is 0.333. The van der Waals surface area contributed by atoms with Gasteiger partial charge in [-0.1, -0.05) is 12.1 Å². The molecule has 21 heavy (non-hydrogen) atoms. The first-order valence-electron chi connectivity index (χ1n) is 6.69. The standard InChI is InChI=1S/C15H16F2N2O.ClH/c16-12-4-1-3-11(14(12)17)15(13-5-2-10-20-13)19-8-6-18-7-9-19;/h1-5,10,15,18H,6-9H2;1H/t15-;/m0./s1. The fourth-order valence-corrected chi connectivity index (χ4v) is 2.65. The second-order valence-electron chi connectivity index (χ2n) is 4.85. The molecule has 0 amide bonds. The van der Waals surface area contributed by atoms with Crippen LogP contribution in [0.15, 0.2) is 41.0 Å². The van der Waals surface area contributed by atoms with E-state index in [2.05, 4.69) is 10.2 Å². The van der Waals surface area contributed by atoms with Crippen LogP contribution in [0.25, 0.3) is 0 Å². The van der Waals surface area contributed by atoms with Gasteiger partial charge < -0.3 is 9.73 Å². The molecule has 0 unspecified atom stereocenters. The first kappa shape index (κ1) is 15.9. The summed E-state index contributed by atoms with van der Waals surface area (Å²) >= 11 is 0. The Morgan fingerprint density at radius 1 is 1.10 bits per heavy atom. The molecule has 1 aromatic carbocycles. The number of halogens is 3. The van der Waals surface area contributed by atoms with E-state index in [4.69, 9.17) is 4.42 Å². The van der Waals surface area contributed by atoms with Crippen molar-refractivity contribution in [2.45, 2.75) is 6.04 Å². The molecule has 1 fully saturated rings. The van der Waals surface area contributed by atoms with Crippen LogP contribution in [0.3, 0.4) is 0 Å². The van der Waals surface area contributed by atoms with E-state index >= 15 is 0 Å². The minimum Gasteiger partial charge on any atom is -0.467 e. The van der Waals surface area contributed by atoms with Crippen molar-refractivity contribution < 1.29 is 13.2 Å². The molecule has 0 radical (unpaired) electrons. The second-order valence-corrected chi connectivity index (χ2v) is 4.85. The highest BCUT2D eigenvalue weighted by atomic mass is 35.5. The molecule has 0 aliphatic carbocycles. The van der Waals surface area contributed by atoms with Gasteiger partial charge in [-0.2, -0.15) is 0 Å². The number of rotatable bonds is 3. The third-order valence-corrected chi connectivity index (χ3v) is 3.61. The molecule has 1 aliphatic rings. The number of nitrogens with one attached hydrogen (secondary N) is 1. The van der Waals surface area contributed by atoms with Crippen molar-refractivity contribution in [3.05, 3.63) is 59.6 Å². The van der Waals surface area contributed by atoms with E-state index in [1.165, 1.54) is 6.07 Å². The van der Waals surface area contributed by atoms with Gasteiger partial charge in [0, 0.05) is 31.7 Å². The van der Waals surface area contributed by atoms with Crippen molar-refractivity contribution in [2.75, 3.05) is 26.2 Å². The van der Waals surface area contributed by atoms with Crippen LogP contribution in [-0.2, 0) is 0 Å². The number of nitrogens with zero attached hydrogens (tertiary/aromatic N) is 1. The van der Waals surface area contributed by atoms with E-state index in [0.717, 1.165) is 32.2 Å². The number of furan rings is 1. The van der Waals surface area contributed by atoms with Gasteiger partial charge in [0.05, 0.1) is 12.3 Å². The quantitative estimate of drug-likeness (QED) is 0.944. The molecule has 2 heterocycles. The van der Waals surface area contributed by atoms with Gasteiger partial charge in [-0.25, -0.2) is 8.78 Å². The van der Waals surface area contributed by atoms with Gasteiger partial charge in [0.2, 0.25) is 0 Å². The van der Waals surface area contributed by atoms with Crippen molar-refractivity contribution in [3.8, 4) is 0 Å². The zero-order chi connectivity index (χ0) is 13.9. The average Bonchev–Trinajstić information content (AvgIpc) is 2.99. The van der Waals surface area contributed by atoms with Crippen molar-refractivity contribution in [1.82, 2.24) is 10.2 Å². The lowest BCUT2D eigenvalue weighted by Crippen LogP contribution is -2.45. The monoisotopic (exact) mass is 314 g/mol. The summed E-state index contributed by atoms with van der Waals surface area (Å²) in [6.45, 7) is 3.19. The van der Waals surface area contributed by atoms with Crippen LogP contribution in [0.2, 0.25) is 0 Å². The molecule has 3 nitrogen and oxygen atoms in total. The van der Waals surface area contributed by atoms with E-state index in [9.17, 15) is 8.78 Å². The average molecular weight is 315 g/mol. The van der Waals surface area contributed by atoms with Gasteiger partial charge in [0.1, 0.15) is 5.76 Å². The van der Waals surface area contributed by atoms with E-state index < -0.39 is 11.6 Å². The van der Waals surface area contributed by atoms with Crippen LogP contribution in [0.4, 0.5) is 8.78 Å².